The Bertz CT molecular complexity index is 988. The number of amides is 1. The number of carbonyl (C=O) groups is 1. The number of nitrogens with one attached hydrogen (secondary N) is 1. The molecule has 0 aromatic heterocycles. The Hall–Kier alpha value is -1.57. The first kappa shape index (κ1) is 17.8. The second-order valence-electron chi connectivity index (χ2n) is 6.54. The molecule has 8 heteroatoms. The van der Waals surface area contributed by atoms with Gasteiger partial charge < -0.3 is 4.90 Å². The van der Waals surface area contributed by atoms with Crippen LogP contribution in [0.2, 0.25) is 5.02 Å². The van der Waals surface area contributed by atoms with Gasteiger partial charge in [0, 0.05) is 33.3 Å². The van der Waals surface area contributed by atoms with Crippen LogP contribution in [-0.2, 0) is 21.2 Å². The molecule has 1 aliphatic heterocycles. The maximum absolute atomic E-state index is 12.9. The van der Waals surface area contributed by atoms with Gasteiger partial charge in [-0.05, 0) is 77.2 Å². The topological polar surface area (TPSA) is 66.5 Å². The third kappa shape index (κ3) is 3.35. The quantitative estimate of drug-likeness (QED) is 0.751. The number of nitrogens with zero attached hydrogens (tertiary/aromatic N) is 1. The van der Waals surface area contributed by atoms with E-state index in [4.69, 9.17) is 11.6 Å². The molecule has 1 N–H and O–H groups in total. The molecule has 1 saturated carbocycles. The number of hydrogen-bond acceptors (Lipinski definition) is 3. The smallest absolute Gasteiger partial charge is 0.263 e. The van der Waals surface area contributed by atoms with Crippen molar-refractivity contribution in [2.75, 3.05) is 16.2 Å². The lowest BCUT2D eigenvalue weighted by Crippen LogP contribution is -2.30. The fraction of sp³-hybridized carbons (Fsp3) is 0.278. The highest BCUT2D eigenvalue weighted by atomic mass is 79.9. The van der Waals surface area contributed by atoms with Gasteiger partial charge in [-0.25, -0.2) is 8.42 Å². The number of anilines is 2. The van der Waals surface area contributed by atoms with Crippen LogP contribution in [-0.4, -0.2) is 20.9 Å². The summed E-state index contributed by atoms with van der Waals surface area (Å²) >= 11 is 9.21. The zero-order chi connectivity index (χ0) is 18.5. The Balaban J connectivity index is 1.69. The van der Waals surface area contributed by atoms with Crippen LogP contribution in [0.5, 0.6) is 0 Å². The van der Waals surface area contributed by atoms with Gasteiger partial charge in [-0.2, -0.15) is 0 Å². The van der Waals surface area contributed by atoms with E-state index in [9.17, 15) is 13.2 Å². The summed E-state index contributed by atoms with van der Waals surface area (Å²) in [6.45, 7) is 0.602. The lowest BCUT2D eigenvalue weighted by Gasteiger charge is -2.18. The average molecular weight is 456 g/mol. The number of rotatable bonds is 4. The van der Waals surface area contributed by atoms with Gasteiger partial charge in [0.15, 0.2) is 0 Å². The molecule has 136 valence electrons. The van der Waals surface area contributed by atoms with Crippen molar-refractivity contribution >= 4 is 54.8 Å². The molecule has 2 aliphatic rings. The lowest BCUT2D eigenvalue weighted by atomic mass is 10.2. The molecule has 1 aliphatic carbocycles. The summed E-state index contributed by atoms with van der Waals surface area (Å²) in [7, 11) is -3.81. The lowest BCUT2D eigenvalue weighted by molar-refractivity contribution is -0.119. The number of halogens is 2. The molecule has 1 fully saturated rings. The summed E-state index contributed by atoms with van der Waals surface area (Å²) in [5, 5.41) is 0.529. The predicted molar refractivity (Wildman–Crippen MR) is 105 cm³/mol. The van der Waals surface area contributed by atoms with E-state index in [0.717, 1.165) is 24.8 Å². The molecular formula is C18H16BrClN2O3S. The minimum Gasteiger partial charge on any atom is -0.312 e. The van der Waals surface area contributed by atoms with Gasteiger partial charge in [-0.1, -0.05) is 11.6 Å². The Kier molecular flexibility index (Phi) is 4.49. The molecule has 0 bridgehead atoms. The number of benzene rings is 2. The maximum Gasteiger partial charge on any atom is 0.263 e. The van der Waals surface area contributed by atoms with Gasteiger partial charge in [-0.3, -0.25) is 9.52 Å². The molecular weight excluding hydrogens is 440 g/mol. The average Bonchev–Trinajstić information content (AvgIpc) is 3.36. The highest BCUT2D eigenvalue weighted by molar-refractivity contribution is 9.10. The van der Waals surface area contributed by atoms with E-state index < -0.39 is 10.0 Å². The van der Waals surface area contributed by atoms with E-state index in [-0.39, 0.29) is 16.7 Å². The monoisotopic (exact) mass is 454 g/mol. The third-order valence-electron chi connectivity index (χ3n) is 4.61. The Labute approximate surface area is 165 Å². The minimum absolute atomic E-state index is 0.0943. The first-order chi connectivity index (χ1) is 12.3. The first-order valence-corrected chi connectivity index (χ1v) is 10.9. The largest absolute Gasteiger partial charge is 0.312 e. The molecule has 26 heavy (non-hydrogen) atoms. The summed E-state index contributed by atoms with van der Waals surface area (Å²) in [5.41, 5.74) is 2.10. The molecule has 1 amide bonds. The van der Waals surface area contributed by atoms with Gasteiger partial charge >= 0.3 is 0 Å². The summed E-state index contributed by atoms with van der Waals surface area (Å²) < 4.78 is 28.7. The van der Waals surface area contributed by atoms with Gasteiger partial charge in [0.05, 0.1) is 0 Å². The molecule has 1 heterocycles. The molecule has 2 aromatic carbocycles. The number of hydrogen-bond donors (Lipinski definition) is 1. The number of fused-ring (bicyclic) bond motifs is 1. The second-order valence-corrected chi connectivity index (χ2v) is 9.48. The van der Waals surface area contributed by atoms with E-state index in [2.05, 4.69) is 20.7 Å². The standard InChI is InChI=1S/C18H16BrClN2O3S/c19-15-9-12-7-8-22(18(23)11-1-2-11)16(12)10-17(15)26(24,25)21-14-5-3-13(20)4-6-14/h3-6,9-11,21H,1-2,7-8H2. The highest BCUT2D eigenvalue weighted by Crippen LogP contribution is 2.39. The molecule has 2 aromatic rings. The first-order valence-electron chi connectivity index (χ1n) is 8.27. The highest BCUT2D eigenvalue weighted by Gasteiger charge is 2.37. The summed E-state index contributed by atoms with van der Waals surface area (Å²) in [4.78, 5) is 14.3. The van der Waals surface area contributed by atoms with E-state index in [0.29, 0.717) is 27.4 Å². The van der Waals surface area contributed by atoms with Crippen LogP contribution in [0, 0.1) is 5.92 Å². The van der Waals surface area contributed by atoms with Gasteiger partial charge in [0.2, 0.25) is 5.91 Å². The predicted octanol–water partition coefficient (Wildman–Crippen LogP) is 4.20. The maximum atomic E-state index is 12.9. The zero-order valence-corrected chi connectivity index (χ0v) is 16.9. The summed E-state index contributed by atoms with van der Waals surface area (Å²) in [5.74, 6) is 0.192. The van der Waals surface area contributed by atoms with Gasteiger partial charge in [0.1, 0.15) is 4.90 Å². The van der Waals surface area contributed by atoms with Crippen molar-refractivity contribution < 1.29 is 13.2 Å². The Morgan fingerprint density at radius 1 is 1.19 bits per heavy atom. The van der Waals surface area contributed by atoms with Crippen LogP contribution >= 0.6 is 27.5 Å². The Morgan fingerprint density at radius 3 is 2.54 bits per heavy atom. The minimum atomic E-state index is -3.81. The summed E-state index contributed by atoms with van der Waals surface area (Å²) in [6, 6.07) is 9.82. The molecule has 0 saturated heterocycles. The fourth-order valence-electron chi connectivity index (χ4n) is 3.10. The summed E-state index contributed by atoms with van der Waals surface area (Å²) in [6.07, 6.45) is 2.58. The SMILES string of the molecule is O=C(C1CC1)N1CCc2cc(Br)c(S(=O)(=O)Nc3ccc(Cl)cc3)cc21. The van der Waals surface area contributed by atoms with Crippen molar-refractivity contribution in [3.63, 3.8) is 0 Å². The third-order valence-corrected chi connectivity index (χ3v) is 7.20. The zero-order valence-electron chi connectivity index (χ0n) is 13.7. The molecule has 4 rings (SSSR count). The van der Waals surface area contributed by atoms with E-state index in [1.54, 1.807) is 41.3 Å². The van der Waals surface area contributed by atoms with Gasteiger partial charge in [0.25, 0.3) is 10.0 Å². The van der Waals surface area contributed by atoms with E-state index in [1.807, 2.05) is 0 Å². The van der Waals surface area contributed by atoms with Crippen molar-refractivity contribution in [1.82, 2.24) is 0 Å². The van der Waals surface area contributed by atoms with Crippen LogP contribution in [0.15, 0.2) is 45.8 Å². The van der Waals surface area contributed by atoms with Crippen LogP contribution in [0.1, 0.15) is 18.4 Å². The van der Waals surface area contributed by atoms with Crippen LogP contribution in [0.4, 0.5) is 11.4 Å². The Morgan fingerprint density at radius 2 is 1.88 bits per heavy atom. The van der Waals surface area contributed by atoms with E-state index >= 15 is 0 Å². The van der Waals surface area contributed by atoms with Crippen LogP contribution < -0.4 is 9.62 Å². The molecule has 0 spiro atoms. The molecule has 0 atom stereocenters. The molecule has 0 radical (unpaired) electrons. The van der Waals surface area contributed by atoms with Crippen LogP contribution in [0.3, 0.4) is 0 Å². The normalized spacial score (nSPS) is 16.5. The van der Waals surface area contributed by atoms with Crippen molar-refractivity contribution in [1.29, 1.82) is 0 Å². The number of sulfonamides is 1. The molecule has 5 nitrogen and oxygen atoms in total. The molecule has 0 unspecified atom stereocenters. The van der Waals surface area contributed by atoms with Crippen molar-refractivity contribution in [2.24, 2.45) is 5.92 Å². The van der Waals surface area contributed by atoms with Crippen LogP contribution in [0.25, 0.3) is 0 Å². The van der Waals surface area contributed by atoms with E-state index in [1.165, 1.54) is 0 Å². The number of carbonyl (C=O) groups excluding carboxylic acids is 1. The fourth-order valence-corrected chi connectivity index (χ4v) is 5.40. The van der Waals surface area contributed by atoms with Crippen molar-refractivity contribution in [3.05, 3.63) is 51.5 Å². The second kappa shape index (κ2) is 6.55. The van der Waals surface area contributed by atoms with Crippen molar-refractivity contribution in [2.45, 2.75) is 24.2 Å². The van der Waals surface area contributed by atoms with Crippen molar-refractivity contribution in [3.8, 4) is 0 Å². The van der Waals surface area contributed by atoms with Gasteiger partial charge in [-0.15, -0.1) is 0 Å².